The maximum Gasteiger partial charge on any atom is 0.248 e. The summed E-state index contributed by atoms with van der Waals surface area (Å²) in [5.74, 6) is 1.25. The van der Waals surface area contributed by atoms with Crippen molar-refractivity contribution < 1.29 is 13.6 Å². The summed E-state index contributed by atoms with van der Waals surface area (Å²) < 4.78 is 12.5. The molecule has 3 aromatic carbocycles. The predicted molar refractivity (Wildman–Crippen MR) is 139 cm³/mol. The van der Waals surface area contributed by atoms with Gasteiger partial charge in [-0.15, -0.1) is 0 Å². The minimum absolute atomic E-state index is 0.312. The Morgan fingerprint density at radius 3 is 2.62 bits per heavy atom. The van der Waals surface area contributed by atoms with Crippen LogP contribution in [0.5, 0.6) is 0 Å². The van der Waals surface area contributed by atoms with Gasteiger partial charge < -0.3 is 14.2 Å². The van der Waals surface area contributed by atoms with E-state index in [9.17, 15) is 4.79 Å². The lowest BCUT2D eigenvalue weighted by Gasteiger charge is -2.02. The number of rotatable bonds is 5. The van der Waals surface area contributed by atoms with Crippen LogP contribution >= 0.6 is 39.1 Å². The fourth-order valence-corrected chi connectivity index (χ4v) is 4.23. The summed E-state index contributed by atoms with van der Waals surface area (Å²) in [6.45, 7) is 0. The molecular formula is C26H15BrCl2N2O3. The summed E-state index contributed by atoms with van der Waals surface area (Å²) in [5.41, 5.74) is 3.40. The highest BCUT2D eigenvalue weighted by Gasteiger charge is 2.12. The molecule has 0 spiro atoms. The van der Waals surface area contributed by atoms with Crippen LogP contribution in [0.25, 0.3) is 40.0 Å². The van der Waals surface area contributed by atoms with Crippen LogP contribution < -0.4 is 5.32 Å². The second kappa shape index (κ2) is 9.50. The lowest BCUT2D eigenvalue weighted by atomic mass is 10.2. The molecule has 0 unspecified atom stereocenters. The number of furan rings is 1. The molecule has 0 bridgehead atoms. The third-order valence-corrected chi connectivity index (χ3v) is 6.51. The van der Waals surface area contributed by atoms with E-state index in [-0.39, 0.29) is 5.91 Å². The quantitative estimate of drug-likeness (QED) is 0.221. The van der Waals surface area contributed by atoms with Crippen molar-refractivity contribution in [3.8, 4) is 22.8 Å². The Morgan fingerprint density at radius 2 is 1.76 bits per heavy atom. The van der Waals surface area contributed by atoms with Crippen LogP contribution in [0.2, 0.25) is 10.0 Å². The molecule has 1 N–H and O–H groups in total. The highest BCUT2D eigenvalue weighted by Crippen LogP contribution is 2.34. The average Bonchev–Trinajstić information content (AvgIpc) is 3.46. The molecule has 0 aliphatic heterocycles. The monoisotopic (exact) mass is 552 g/mol. The normalized spacial score (nSPS) is 11.4. The lowest BCUT2D eigenvalue weighted by Crippen LogP contribution is -2.07. The van der Waals surface area contributed by atoms with Crippen LogP contribution in [0.4, 0.5) is 5.69 Å². The van der Waals surface area contributed by atoms with Gasteiger partial charge in [0.25, 0.3) is 0 Å². The molecule has 5 aromatic rings. The van der Waals surface area contributed by atoms with E-state index in [4.69, 9.17) is 32.0 Å². The zero-order valence-electron chi connectivity index (χ0n) is 17.4. The number of anilines is 1. The van der Waals surface area contributed by atoms with Crippen LogP contribution in [-0.2, 0) is 4.79 Å². The second-order valence-electron chi connectivity index (χ2n) is 7.31. The van der Waals surface area contributed by atoms with Gasteiger partial charge in [0.15, 0.2) is 5.58 Å². The average molecular weight is 554 g/mol. The summed E-state index contributed by atoms with van der Waals surface area (Å²) in [5, 5.41) is 3.68. The SMILES string of the molecule is O=C(C=Cc1ccc(-c2cccc(Cl)c2Cl)o1)Nc1ccc2oc(-c3ccccc3Br)nc2c1. The Hall–Kier alpha value is -3.32. The van der Waals surface area contributed by atoms with Gasteiger partial charge in [-0.25, -0.2) is 4.98 Å². The number of fused-ring (bicyclic) bond motifs is 1. The van der Waals surface area contributed by atoms with Gasteiger partial charge in [0.05, 0.1) is 15.6 Å². The van der Waals surface area contributed by atoms with Gasteiger partial charge in [-0.2, -0.15) is 0 Å². The van der Waals surface area contributed by atoms with E-state index in [2.05, 4.69) is 26.2 Å². The van der Waals surface area contributed by atoms with Gasteiger partial charge in [0, 0.05) is 21.8 Å². The maximum absolute atomic E-state index is 12.4. The first-order chi connectivity index (χ1) is 16.5. The molecule has 0 saturated carbocycles. The van der Waals surface area contributed by atoms with Crippen LogP contribution in [0.1, 0.15) is 5.76 Å². The molecule has 8 heteroatoms. The number of nitrogens with zero attached hydrogens (tertiary/aromatic N) is 1. The van der Waals surface area contributed by atoms with Crippen molar-refractivity contribution in [2.75, 3.05) is 5.32 Å². The van der Waals surface area contributed by atoms with Crippen LogP contribution in [0, 0.1) is 0 Å². The molecule has 0 saturated heterocycles. The summed E-state index contributed by atoms with van der Waals surface area (Å²) in [4.78, 5) is 17.0. The van der Waals surface area contributed by atoms with E-state index >= 15 is 0 Å². The van der Waals surface area contributed by atoms with Crippen molar-refractivity contribution in [1.82, 2.24) is 4.98 Å². The zero-order chi connectivity index (χ0) is 23.7. The first-order valence-electron chi connectivity index (χ1n) is 10.2. The molecule has 1 amide bonds. The van der Waals surface area contributed by atoms with E-state index in [0.717, 1.165) is 10.0 Å². The molecule has 168 valence electrons. The van der Waals surface area contributed by atoms with Gasteiger partial charge in [0.2, 0.25) is 11.8 Å². The number of oxazole rings is 1. The van der Waals surface area contributed by atoms with Crippen LogP contribution in [0.3, 0.4) is 0 Å². The number of hydrogen-bond donors (Lipinski definition) is 1. The smallest absolute Gasteiger partial charge is 0.248 e. The van der Waals surface area contributed by atoms with Gasteiger partial charge in [0.1, 0.15) is 17.0 Å². The third kappa shape index (κ3) is 4.66. The summed E-state index contributed by atoms with van der Waals surface area (Å²) in [7, 11) is 0. The maximum atomic E-state index is 12.4. The number of carbonyl (C=O) groups excluding carboxylic acids is 1. The molecule has 0 fully saturated rings. The van der Waals surface area contributed by atoms with E-state index in [1.165, 1.54) is 6.08 Å². The molecule has 5 rings (SSSR count). The van der Waals surface area contributed by atoms with Crippen LogP contribution in [0.15, 0.2) is 92.2 Å². The van der Waals surface area contributed by atoms with Gasteiger partial charge in [-0.3, -0.25) is 4.79 Å². The Bertz CT molecular complexity index is 1560. The molecule has 0 aliphatic rings. The first kappa shape index (κ1) is 22.5. The number of carbonyl (C=O) groups is 1. The van der Waals surface area contributed by atoms with Crippen molar-refractivity contribution >= 4 is 67.9 Å². The number of amides is 1. The number of aromatic nitrogens is 1. The minimum atomic E-state index is -0.312. The Balaban J connectivity index is 1.30. The Kier molecular flexibility index (Phi) is 6.28. The molecule has 0 aliphatic carbocycles. The number of benzene rings is 3. The first-order valence-corrected chi connectivity index (χ1v) is 11.7. The Labute approximate surface area is 213 Å². The van der Waals surface area contributed by atoms with E-state index in [1.807, 2.05) is 30.3 Å². The van der Waals surface area contributed by atoms with E-state index < -0.39 is 0 Å². The topological polar surface area (TPSA) is 68.3 Å². The standard InChI is InChI=1S/C26H15BrCl2N2O3/c27-19-6-2-1-4-17(19)26-31-21-14-15(8-11-23(21)34-26)30-24(32)13-10-16-9-12-22(33-16)18-5-3-7-20(28)25(18)29/h1-14H,(H,30,32). The number of nitrogens with one attached hydrogen (secondary N) is 1. The minimum Gasteiger partial charge on any atom is -0.457 e. The van der Waals surface area contributed by atoms with Crippen molar-refractivity contribution in [1.29, 1.82) is 0 Å². The van der Waals surface area contributed by atoms with Crippen molar-refractivity contribution in [3.63, 3.8) is 0 Å². The summed E-state index contributed by atoms with van der Waals surface area (Å²) in [6, 6.07) is 21.8. The van der Waals surface area contributed by atoms with Crippen LogP contribution in [-0.4, -0.2) is 10.9 Å². The molecule has 2 heterocycles. The highest BCUT2D eigenvalue weighted by atomic mass is 79.9. The molecular weight excluding hydrogens is 539 g/mol. The van der Waals surface area contributed by atoms with Gasteiger partial charge >= 0.3 is 0 Å². The third-order valence-electron chi connectivity index (χ3n) is 5.00. The molecule has 2 aromatic heterocycles. The zero-order valence-corrected chi connectivity index (χ0v) is 20.5. The van der Waals surface area contributed by atoms with Gasteiger partial charge in [-0.1, -0.05) is 41.4 Å². The largest absolute Gasteiger partial charge is 0.457 e. The van der Waals surface area contributed by atoms with E-state index in [1.54, 1.807) is 48.5 Å². The molecule has 0 radical (unpaired) electrons. The Morgan fingerprint density at radius 1 is 0.941 bits per heavy atom. The molecule has 0 atom stereocenters. The molecule has 5 nitrogen and oxygen atoms in total. The van der Waals surface area contributed by atoms with Crippen molar-refractivity contribution in [3.05, 3.63) is 99.2 Å². The summed E-state index contributed by atoms with van der Waals surface area (Å²) in [6.07, 6.45) is 2.97. The summed E-state index contributed by atoms with van der Waals surface area (Å²) >= 11 is 15.8. The fraction of sp³-hybridized carbons (Fsp3) is 0. The van der Waals surface area contributed by atoms with Crippen molar-refractivity contribution in [2.24, 2.45) is 0 Å². The highest BCUT2D eigenvalue weighted by molar-refractivity contribution is 9.10. The molecule has 34 heavy (non-hydrogen) atoms. The van der Waals surface area contributed by atoms with Crippen molar-refractivity contribution in [2.45, 2.75) is 0 Å². The number of halogens is 3. The fourth-order valence-electron chi connectivity index (χ4n) is 3.38. The van der Waals surface area contributed by atoms with Gasteiger partial charge in [-0.05, 0) is 76.6 Å². The van der Waals surface area contributed by atoms with E-state index in [0.29, 0.717) is 49.8 Å². The number of hydrogen-bond acceptors (Lipinski definition) is 4. The second-order valence-corrected chi connectivity index (χ2v) is 8.95. The lowest BCUT2D eigenvalue weighted by molar-refractivity contribution is -0.111. The predicted octanol–water partition coefficient (Wildman–Crippen LogP) is 8.48.